The van der Waals surface area contributed by atoms with E-state index in [1.165, 1.54) is 57.8 Å². The summed E-state index contributed by atoms with van der Waals surface area (Å²) in [6.45, 7) is 6.16. The minimum Gasteiger partial charge on any atom is -0.462 e. The van der Waals surface area contributed by atoms with Crippen LogP contribution in [0.3, 0.4) is 0 Å². The standard InChI is InChI=1S/C69H106O6/c1-4-7-10-13-16-19-22-25-27-29-30-31-32-33-34-35-36-37-38-40-41-44-47-50-53-56-59-62-68(71)74-65-66(64-73-67(70)61-58-55-52-49-46-43-24-21-18-15-12-9-6-3)75-69(72)63-60-57-54-51-48-45-42-39-28-26-23-20-17-14-11-8-5-2/h7-12,16-21,25-28,30-31,33-34,42-43,45-46,51-52,54-55,66H,4-6,13-15,22-24,29,32,35-41,44,47-50,53,56-65H2,1-3H3/b10-7-,11-8-,12-9-,19-16-,20-17-,21-18-,27-25-,28-26-,31-30-,34-33-,45-42-,46-43-,54-51-,55-52-. The maximum absolute atomic E-state index is 12.8. The lowest BCUT2D eigenvalue weighted by Gasteiger charge is -2.18. The monoisotopic (exact) mass is 1030 g/mol. The first kappa shape index (κ1) is 69.8. The van der Waals surface area contributed by atoms with Gasteiger partial charge in [0.05, 0.1) is 0 Å². The maximum Gasteiger partial charge on any atom is 0.306 e. The van der Waals surface area contributed by atoms with Gasteiger partial charge in [-0.1, -0.05) is 249 Å². The van der Waals surface area contributed by atoms with Crippen molar-refractivity contribution in [3.63, 3.8) is 0 Å². The van der Waals surface area contributed by atoms with Gasteiger partial charge >= 0.3 is 17.9 Å². The highest BCUT2D eigenvalue weighted by atomic mass is 16.6. The fraction of sp³-hybridized carbons (Fsp3) is 0.551. The van der Waals surface area contributed by atoms with Crippen LogP contribution in [0.5, 0.6) is 0 Å². The topological polar surface area (TPSA) is 78.9 Å². The molecule has 0 aliphatic heterocycles. The Bertz CT molecular complexity index is 1750. The number of rotatable bonds is 51. The first-order chi connectivity index (χ1) is 37.0. The Kier molecular flexibility index (Phi) is 57.0. The van der Waals surface area contributed by atoms with Gasteiger partial charge in [0.25, 0.3) is 0 Å². The highest BCUT2D eigenvalue weighted by Gasteiger charge is 2.19. The molecule has 0 saturated carbocycles. The minimum atomic E-state index is -0.847. The van der Waals surface area contributed by atoms with Crippen molar-refractivity contribution in [3.05, 3.63) is 170 Å². The molecule has 0 N–H and O–H groups in total. The lowest BCUT2D eigenvalue weighted by atomic mass is 10.0. The predicted molar refractivity (Wildman–Crippen MR) is 325 cm³/mol. The van der Waals surface area contributed by atoms with Crippen molar-refractivity contribution < 1.29 is 28.6 Å². The van der Waals surface area contributed by atoms with Crippen molar-refractivity contribution in [2.45, 2.75) is 232 Å². The second kappa shape index (κ2) is 61.3. The van der Waals surface area contributed by atoms with Crippen LogP contribution < -0.4 is 0 Å². The third kappa shape index (κ3) is 59.5. The summed E-state index contributed by atoms with van der Waals surface area (Å²) in [6.07, 6.45) is 90.9. The molecule has 0 bridgehead atoms. The van der Waals surface area contributed by atoms with Crippen LogP contribution in [0.15, 0.2) is 170 Å². The Morgan fingerprint density at radius 3 is 0.867 bits per heavy atom. The molecule has 0 aromatic carbocycles. The average Bonchev–Trinajstić information content (AvgIpc) is 3.41. The normalized spacial score (nSPS) is 13.4. The summed E-state index contributed by atoms with van der Waals surface area (Å²) in [5.41, 5.74) is 0. The number of carbonyl (C=O) groups is 3. The Morgan fingerprint density at radius 2 is 0.520 bits per heavy atom. The Morgan fingerprint density at radius 1 is 0.267 bits per heavy atom. The van der Waals surface area contributed by atoms with Gasteiger partial charge in [-0.25, -0.2) is 0 Å². The van der Waals surface area contributed by atoms with Gasteiger partial charge in [0.1, 0.15) is 13.2 Å². The predicted octanol–water partition coefficient (Wildman–Crippen LogP) is 20.3. The van der Waals surface area contributed by atoms with Crippen molar-refractivity contribution in [1.29, 1.82) is 0 Å². The van der Waals surface area contributed by atoms with Gasteiger partial charge in [-0.15, -0.1) is 0 Å². The van der Waals surface area contributed by atoms with E-state index in [4.69, 9.17) is 14.2 Å². The van der Waals surface area contributed by atoms with Crippen LogP contribution >= 0.6 is 0 Å². The smallest absolute Gasteiger partial charge is 0.306 e. The summed E-state index contributed by atoms with van der Waals surface area (Å²) in [5.74, 6) is -1.09. The Labute approximate surface area is 460 Å². The summed E-state index contributed by atoms with van der Waals surface area (Å²) >= 11 is 0. The number of ether oxygens (including phenoxy) is 3. The molecule has 0 aromatic heterocycles. The zero-order valence-electron chi connectivity index (χ0n) is 47.7. The van der Waals surface area contributed by atoms with Gasteiger partial charge in [0, 0.05) is 19.3 Å². The van der Waals surface area contributed by atoms with Crippen molar-refractivity contribution in [2.75, 3.05) is 13.2 Å². The fourth-order valence-electron chi connectivity index (χ4n) is 7.40. The molecule has 0 saturated heterocycles. The second-order valence-electron chi connectivity index (χ2n) is 18.8. The van der Waals surface area contributed by atoms with E-state index in [1.807, 2.05) is 12.2 Å². The van der Waals surface area contributed by atoms with Crippen LogP contribution in [0.25, 0.3) is 0 Å². The van der Waals surface area contributed by atoms with Crippen molar-refractivity contribution in [3.8, 4) is 0 Å². The summed E-state index contributed by atoms with van der Waals surface area (Å²) < 4.78 is 16.7. The molecule has 0 aliphatic carbocycles. The molecule has 0 aliphatic rings. The SMILES string of the molecule is CC/C=C\C/C=C\C/C=C\C/C=C\C/C=C\CCCCCCCCCCCCCC(=O)OCC(COC(=O)CC/C=C\C/C=C\C/C=C\C/C=C\CC)OC(=O)CCC/C=C\C/C=C\C/C=C\C/C=C\C/C=C\CC. The summed E-state index contributed by atoms with van der Waals surface area (Å²) in [6, 6.07) is 0. The van der Waals surface area contributed by atoms with Gasteiger partial charge < -0.3 is 14.2 Å². The van der Waals surface area contributed by atoms with E-state index >= 15 is 0 Å². The zero-order chi connectivity index (χ0) is 54.3. The molecule has 1 unspecified atom stereocenters. The lowest BCUT2D eigenvalue weighted by molar-refractivity contribution is -0.166. The van der Waals surface area contributed by atoms with Crippen LogP contribution in [0.1, 0.15) is 226 Å². The van der Waals surface area contributed by atoms with E-state index in [0.29, 0.717) is 19.3 Å². The summed E-state index contributed by atoms with van der Waals surface area (Å²) in [7, 11) is 0. The fourth-order valence-corrected chi connectivity index (χ4v) is 7.40. The largest absolute Gasteiger partial charge is 0.462 e. The van der Waals surface area contributed by atoms with E-state index in [0.717, 1.165) is 116 Å². The zero-order valence-corrected chi connectivity index (χ0v) is 47.7. The third-order valence-corrected chi connectivity index (χ3v) is 11.7. The van der Waals surface area contributed by atoms with Crippen molar-refractivity contribution in [1.82, 2.24) is 0 Å². The van der Waals surface area contributed by atoms with E-state index in [9.17, 15) is 14.4 Å². The molecule has 0 rings (SSSR count). The number of carbonyl (C=O) groups excluding carboxylic acids is 3. The highest BCUT2D eigenvalue weighted by Crippen LogP contribution is 2.14. The first-order valence-electron chi connectivity index (χ1n) is 29.6. The average molecular weight is 1030 g/mol. The molecule has 0 heterocycles. The molecule has 0 amide bonds. The molecular formula is C69H106O6. The van der Waals surface area contributed by atoms with Crippen LogP contribution in [0.2, 0.25) is 0 Å². The number of hydrogen-bond donors (Lipinski definition) is 0. The van der Waals surface area contributed by atoms with Crippen LogP contribution in [-0.4, -0.2) is 37.2 Å². The Hall–Kier alpha value is -5.23. The molecule has 6 nitrogen and oxygen atoms in total. The van der Waals surface area contributed by atoms with Crippen LogP contribution in [0.4, 0.5) is 0 Å². The van der Waals surface area contributed by atoms with Gasteiger partial charge in [0.2, 0.25) is 0 Å². The first-order valence-corrected chi connectivity index (χ1v) is 29.6. The molecule has 1 atom stereocenters. The molecule has 6 heteroatoms. The summed E-state index contributed by atoms with van der Waals surface area (Å²) in [4.78, 5) is 38.1. The van der Waals surface area contributed by atoms with Gasteiger partial charge in [-0.3, -0.25) is 14.4 Å². The van der Waals surface area contributed by atoms with Gasteiger partial charge in [0.15, 0.2) is 6.10 Å². The van der Waals surface area contributed by atoms with E-state index in [1.54, 1.807) is 0 Å². The van der Waals surface area contributed by atoms with E-state index in [-0.39, 0.29) is 38.0 Å². The number of esters is 3. The minimum absolute atomic E-state index is 0.132. The van der Waals surface area contributed by atoms with Gasteiger partial charge in [-0.2, -0.15) is 0 Å². The molecule has 75 heavy (non-hydrogen) atoms. The van der Waals surface area contributed by atoms with E-state index < -0.39 is 12.1 Å². The lowest BCUT2D eigenvalue weighted by Crippen LogP contribution is -2.30. The molecule has 0 aromatic rings. The van der Waals surface area contributed by atoms with E-state index in [2.05, 4.69) is 179 Å². The molecule has 0 radical (unpaired) electrons. The summed E-state index contributed by atoms with van der Waals surface area (Å²) in [5, 5.41) is 0. The quantitative estimate of drug-likeness (QED) is 0.0261. The van der Waals surface area contributed by atoms with Crippen molar-refractivity contribution >= 4 is 17.9 Å². The number of allylic oxidation sites excluding steroid dienone is 28. The molecule has 0 spiro atoms. The molecule has 418 valence electrons. The second-order valence-corrected chi connectivity index (χ2v) is 18.8. The van der Waals surface area contributed by atoms with Gasteiger partial charge in [-0.05, 0) is 128 Å². The number of unbranched alkanes of at least 4 members (excludes halogenated alkanes) is 12. The highest BCUT2D eigenvalue weighted by molar-refractivity contribution is 5.71. The Balaban J connectivity index is 4.44. The van der Waals surface area contributed by atoms with Crippen LogP contribution in [-0.2, 0) is 28.6 Å². The molecule has 0 fully saturated rings. The van der Waals surface area contributed by atoms with Crippen LogP contribution in [0, 0.1) is 0 Å². The maximum atomic E-state index is 12.8. The third-order valence-electron chi connectivity index (χ3n) is 11.7. The number of hydrogen-bond acceptors (Lipinski definition) is 6. The molecular weight excluding hydrogens is 925 g/mol. The van der Waals surface area contributed by atoms with Crippen molar-refractivity contribution in [2.24, 2.45) is 0 Å².